The van der Waals surface area contributed by atoms with Gasteiger partial charge < -0.3 is 5.32 Å². The quantitative estimate of drug-likeness (QED) is 0.655. The Kier molecular flexibility index (Phi) is 1.92. The molecule has 0 aliphatic carbocycles. The lowest BCUT2D eigenvalue weighted by atomic mass is 10.3. The number of urea groups is 1. The van der Waals surface area contributed by atoms with Crippen molar-refractivity contribution in [1.29, 1.82) is 0 Å². The third-order valence-corrected chi connectivity index (χ3v) is 1.96. The van der Waals surface area contributed by atoms with Gasteiger partial charge in [-0.15, -0.1) is 0 Å². The predicted octanol–water partition coefficient (Wildman–Crippen LogP) is 0.446. The molecule has 0 radical (unpaired) electrons. The first-order valence-electron chi connectivity index (χ1n) is 4.21. The van der Waals surface area contributed by atoms with Crippen LogP contribution in [-0.2, 0) is 4.79 Å². The van der Waals surface area contributed by atoms with E-state index in [0.717, 1.165) is 10.5 Å². The van der Waals surface area contributed by atoms with Gasteiger partial charge in [-0.25, -0.2) is 9.69 Å². The van der Waals surface area contributed by atoms with Crippen LogP contribution in [0.1, 0.15) is 5.56 Å². The molecule has 2 rings (SSSR count). The molecule has 1 saturated heterocycles. The summed E-state index contributed by atoms with van der Waals surface area (Å²) in [6, 6.07) is 1.36. The fraction of sp³-hybridized carbons (Fsp3) is 0.222. The molecular formula is C9H9N3O2. The summed E-state index contributed by atoms with van der Waals surface area (Å²) in [5, 5.41) is 2.45. The Bertz CT molecular complexity index is 387. The molecule has 0 bridgehead atoms. The van der Waals surface area contributed by atoms with Crippen LogP contribution in [0.4, 0.5) is 10.5 Å². The van der Waals surface area contributed by atoms with Crippen molar-refractivity contribution < 1.29 is 9.59 Å². The van der Waals surface area contributed by atoms with Crippen molar-refractivity contribution in [3.8, 4) is 0 Å². The second kappa shape index (κ2) is 3.10. The van der Waals surface area contributed by atoms with E-state index in [4.69, 9.17) is 0 Å². The highest BCUT2D eigenvalue weighted by Crippen LogP contribution is 2.16. The Morgan fingerprint density at radius 2 is 2.21 bits per heavy atom. The molecule has 1 aliphatic rings. The van der Waals surface area contributed by atoms with Crippen molar-refractivity contribution >= 4 is 17.6 Å². The Morgan fingerprint density at radius 1 is 1.43 bits per heavy atom. The summed E-state index contributed by atoms with van der Waals surface area (Å²) in [5.41, 5.74) is 1.43. The van der Waals surface area contributed by atoms with Crippen LogP contribution >= 0.6 is 0 Å². The van der Waals surface area contributed by atoms with E-state index in [1.54, 1.807) is 12.3 Å². The molecule has 0 spiro atoms. The molecule has 1 fully saturated rings. The number of nitrogens with one attached hydrogen (secondary N) is 1. The fourth-order valence-electron chi connectivity index (χ4n) is 1.35. The standard InChI is InChI=1S/C9H9N3O2/c1-6-2-7(4-10-3-6)12-8(13)5-11-9(12)14/h2-4H,5H2,1H3,(H,11,14). The molecule has 3 amide bonds. The third kappa shape index (κ3) is 1.32. The van der Waals surface area contributed by atoms with E-state index in [1.807, 2.05) is 6.92 Å². The van der Waals surface area contributed by atoms with E-state index in [0.29, 0.717) is 5.69 Å². The number of rotatable bonds is 1. The monoisotopic (exact) mass is 191 g/mol. The summed E-state index contributed by atoms with van der Waals surface area (Å²) in [6.07, 6.45) is 3.16. The zero-order chi connectivity index (χ0) is 10.1. The molecule has 0 saturated carbocycles. The summed E-state index contributed by atoms with van der Waals surface area (Å²) in [7, 11) is 0. The number of hydrogen-bond donors (Lipinski definition) is 1. The minimum absolute atomic E-state index is 0.0623. The highest BCUT2D eigenvalue weighted by atomic mass is 16.2. The molecule has 1 N–H and O–H groups in total. The van der Waals surface area contributed by atoms with Crippen LogP contribution in [0.5, 0.6) is 0 Å². The van der Waals surface area contributed by atoms with Crippen molar-refractivity contribution in [3.05, 3.63) is 24.0 Å². The largest absolute Gasteiger partial charge is 0.329 e. The predicted molar refractivity (Wildman–Crippen MR) is 49.9 cm³/mol. The molecule has 5 nitrogen and oxygen atoms in total. The maximum Gasteiger partial charge on any atom is 0.329 e. The number of hydrogen-bond acceptors (Lipinski definition) is 3. The van der Waals surface area contributed by atoms with Gasteiger partial charge in [-0.3, -0.25) is 9.78 Å². The number of nitrogens with zero attached hydrogens (tertiary/aromatic N) is 2. The zero-order valence-corrected chi connectivity index (χ0v) is 7.65. The molecule has 1 aliphatic heterocycles. The normalized spacial score (nSPS) is 15.9. The van der Waals surface area contributed by atoms with Gasteiger partial charge in [0.15, 0.2) is 0 Å². The minimum Gasteiger partial charge on any atom is -0.328 e. The number of imide groups is 1. The molecule has 14 heavy (non-hydrogen) atoms. The van der Waals surface area contributed by atoms with E-state index < -0.39 is 0 Å². The van der Waals surface area contributed by atoms with Gasteiger partial charge in [0.05, 0.1) is 18.4 Å². The van der Waals surface area contributed by atoms with Gasteiger partial charge in [0.25, 0.3) is 5.91 Å². The summed E-state index contributed by atoms with van der Waals surface area (Å²) in [5.74, 6) is -0.248. The van der Waals surface area contributed by atoms with E-state index in [-0.39, 0.29) is 18.5 Å². The van der Waals surface area contributed by atoms with Gasteiger partial charge in [0.1, 0.15) is 0 Å². The van der Waals surface area contributed by atoms with E-state index in [1.165, 1.54) is 6.20 Å². The third-order valence-electron chi connectivity index (χ3n) is 1.96. The topological polar surface area (TPSA) is 62.3 Å². The van der Waals surface area contributed by atoms with E-state index in [9.17, 15) is 9.59 Å². The van der Waals surface area contributed by atoms with Crippen LogP contribution in [0.3, 0.4) is 0 Å². The lowest BCUT2D eigenvalue weighted by Crippen LogP contribution is -2.30. The number of carbonyl (C=O) groups is 2. The Labute approximate surface area is 80.7 Å². The number of aryl methyl sites for hydroxylation is 1. The van der Waals surface area contributed by atoms with Crippen molar-refractivity contribution in [2.24, 2.45) is 0 Å². The summed E-state index contributed by atoms with van der Waals surface area (Å²) >= 11 is 0. The first-order chi connectivity index (χ1) is 6.68. The maximum atomic E-state index is 11.3. The lowest BCUT2D eigenvalue weighted by Gasteiger charge is -2.11. The molecule has 5 heteroatoms. The number of pyridine rings is 1. The van der Waals surface area contributed by atoms with Gasteiger partial charge in [-0.05, 0) is 18.6 Å². The lowest BCUT2D eigenvalue weighted by molar-refractivity contribution is -0.115. The van der Waals surface area contributed by atoms with Crippen LogP contribution in [0.2, 0.25) is 0 Å². The second-order valence-corrected chi connectivity index (χ2v) is 3.11. The first kappa shape index (κ1) is 8.68. The highest BCUT2D eigenvalue weighted by Gasteiger charge is 2.29. The number of anilines is 1. The smallest absolute Gasteiger partial charge is 0.328 e. The molecule has 0 aromatic carbocycles. The van der Waals surface area contributed by atoms with Crippen LogP contribution in [-0.4, -0.2) is 23.5 Å². The van der Waals surface area contributed by atoms with Crippen LogP contribution in [0.25, 0.3) is 0 Å². The highest BCUT2D eigenvalue weighted by molar-refractivity contribution is 6.19. The summed E-state index contributed by atoms with van der Waals surface area (Å²) in [6.45, 7) is 1.92. The van der Waals surface area contributed by atoms with Crippen LogP contribution in [0, 0.1) is 6.92 Å². The Morgan fingerprint density at radius 3 is 2.79 bits per heavy atom. The van der Waals surface area contributed by atoms with Gasteiger partial charge in [0, 0.05) is 6.20 Å². The van der Waals surface area contributed by atoms with Gasteiger partial charge in [0.2, 0.25) is 0 Å². The number of aromatic nitrogens is 1. The van der Waals surface area contributed by atoms with Crippen LogP contribution in [0.15, 0.2) is 18.5 Å². The number of amides is 3. The molecule has 1 aromatic rings. The van der Waals surface area contributed by atoms with Crippen LogP contribution < -0.4 is 10.2 Å². The Balaban J connectivity index is 2.39. The molecule has 72 valence electrons. The first-order valence-corrected chi connectivity index (χ1v) is 4.21. The second-order valence-electron chi connectivity index (χ2n) is 3.11. The number of carbonyl (C=O) groups excluding carboxylic acids is 2. The average Bonchev–Trinajstić information content (AvgIpc) is 2.46. The minimum atomic E-state index is -0.387. The molecule has 0 unspecified atom stereocenters. The molecule has 2 heterocycles. The fourth-order valence-corrected chi connectivity index (χ4v) is 1.35. The van der Waals surface area contributed by atoms with Crippen molar-refractivity contribution in [2.45, 2.75) is 6.92 Å². The molecule has 1 aromatic heterocycles. The Hall–Kier alpha value is -1.91. The van der Waals surface area contributed by atoms with Crippen molar-refractivity contribution in [1.82, 2.24) is 10.3 Å². The maximum absolute atomic E-state index is 11.3. The molecule has 0 atom stereocenters. The SMILES string of the molecule is Cc1cncc(N2C(=O)CNC2=O)c1. The van der Waals surface area contributed by atoms with Crippen molar-refractivity contribution in [2.75, 3.05) is 11.4 Å². The summed E-state index contributed by atoms with van der Waals surface area (Å²) < 4.78 is 0. The van der Waals surface area contributed by atoms with E-state index >= 15 is 0 Å². The van der Waals surface area contributed by atoms with E-state index in [2.05, 4.69) is 10.3 Å². The van der Waals surface area contributed by atoms with Gasteiger partial charge in [-0.1, -0.05) is 0 Å². The summed E-state index contributed by atoms with van der Waals surface area (Å²) in [4.78, 5) is 27.6. The molecular weight excluding hydrogens is 182 g/mol. The van der Waals surface area contributed by atoms with Gasteiger partial charge >= 0.3 is 6.03 Å². The zero-order valence-electron chi connectivity index (χ0n) is 7.65. The average molecular weight is 191 g/mol. The van der Waals surface area contributed by atoms with Crippen molar-refractivity contribution in [3.63, 3.8) is 0 Å². The van der Waals surface area contributed by atoms with Gasteiger partial charge in [-0.2, -0.15) is 0 Å².